The van der Waals surface area contributed by atoms with Crippen molar-refractivity contribution in [3.8, 4) is 17.1 Å². The molecule has 2 aromatic rings. The van der Waals surface area contributed by atoms with Crippen LogP contribution >= 0.6 is 0 Å². The van der Waals surface area contributed by atoms with E-state index in [2.05, 4.69) is 23.8 Å². The van der Waals surface area contributed by atoms with Crippen LogP contribution in [-0.4, -0.2) is 15.9 Å². The van der Waals surface area contributed by atoms with Gasteiger partial charge in [-0.05, 0) is 55.5 Å². The standard InChI is InChI=1S/C23H32N2O2/c1-4-7-8-9-11-18-16-24-22(25-17-18)20-12-14-21(15-13-20)27-23(26)19(6-3)10-5-2/h12-17,19H,4-11H2,1-3H3. The summed E-state index contributed by atoms with van der Waals surface area (Å²) in [6.45, 7) is 6.33. The van der Waals surface area contributed by atoms with E-state index in [-0.39, 0.29) is 11.9 Å². The van der Waals surface area contributed by atoms with E-state index >= 15 is 0 Å². The van der Waals surface area contributed by atoms with Gasteiger partial charge in [0.1, 0.15) is 5.75 Å². The van der Waals surface area contributed by atoms with Gasteiger partial charge >= 0.3 is 5.97 Å². The summed E-state index contributed by atoms with van der Waals surface area (Å²) >= 11 is 0. The van der Waals surface area contributed by atoms with Crippen LogP contribution in [0.4, 0.5) is 0 Å². The van der Waals surface area contributed by atoms with E-state index in [0.717, 1.165) is 31.2 Å². The average Bonchev–Trinajstić information content (AvgIpc) is 2.70. The fourth-order valence-electron chi connectivity index (χ4n) is 3.10. The first-order valence-corrected chi connectivity index (χ1v) is 10.3. The van der Waals surface area contributed by atoms with Crippen LogP contribution in [0.3, 0.4) is 0 Å². The van der Waals surface area contributed by atoms with Crippen molar-refractivity contribution in [2.24, 2.45) is 5.92 Å². The Balaban J connectivity index is 1.93. The second kappa shape index (κ2) is 11.5. The van der Waals surface area contributed by atoms with Crippen molar-refractivity contribution in [2.45, 2.75) is 72.1 Å². The lowest BCUT2D eigenvalue weighted by molar-refractivity contribution is -0.139. The zero-order valence-electron chi connectivity index (χ0n) is 16.9. The Kier molecular flexibility index (Phi) is 8.96. The van der Waals surface area contributed by atoms with Gasteiger partial charge in [0, 0.05) is 18.0 Å². The third kappa shape index (κ3) is 6.78. The van der Waals surface area contributed by atoms with Gasteiger partial charge in [0.05, 0.1) is 5.92 Å². The zero-order valence-corrected chi connectivity index (χ0v) is 16.9. The molecule has 146 valence electrons. The van der Waals surface area contributed by atoms with Crippen LogP contribution in [0.25, 0.3) is 11.4 Å². The van der Waals surface area contributed by atoms with E-state index in [1.54, 1.807) is 0 Å². The maximum Gasteiger partial charge on any atom is 0.314 e. The van der Waals surface area contributed by atoms with Gasteiger partial charge in [-0.25, -0.2) is 9.97 Å². The smallest absolute Gasteiger partial charge is 0.314 e. The lowest BCUT2D eigenvalue weighted by Crippen LogP contribution is -2.19. The first-order valence-electron chi connectivity index (χ1n) is 10.3. The van der Waals surface area contributed by atoms with Crippen molar-refractivity contribution < 1.29 is 9.53 Å². The first kappa shape index (κ1) is 21.1. The number of nitrogens with zero attached hydrogens (tertiary/aromatic N) is 2. The number of hydrogen-bond donors (Lipinski definition) is 0. The largest absolute Gasteiger partial charge is 0.426 e. The minimum Gasteiger partial charge on any atom is -0.426 e. The molecule has 1 aromatic heterocycles. The number of carbonyl (C=O) groups excluding carboxylic acids is 1. The average molecular weight is 369 g/mol. The molecule has 0 bridgehead atoms. The molecule has 0 aliphatic heterocycles. The minimum atomic E-state index is -0.143. The molecule has 0 spiro atoms. The van der Waals surface area contributed by atoms with Gasteiger partial charge in [-0.15, -0.1) is 0 Å². The molecule has 2 rings (SSSR count). The number of carbonyl (C=O) groups is 1. The lowest BCUT2D eigenvalue weighted by Gasteiger charge is -2.13. The third-order valence-electron chi connectivity index (χ3n) is 4.82. The van der Waals surface area contributed by atoms with Crippen molar-refractivity contribution in [3.05, 3.63) is 42.2 Å². The van der Waals surface area contributed by atoms with E-state index in [1.807, 2.05) is 43.6 Å². The summed E-state index contributed by atoms with van der Waals surface area (Å²) in [7, 11) is 0. The van der Waals surface area contributed by atoms with Gasteiger partial charge in [0.25, 0.3) is 0 Å². The fourth-order valence-corrected chi connectivity index (χ4v) is 3.10. The van der Waals surface area contributed by atoms with Crippen LogP contribution in [0.15, 0.2) is 36.7 Å². The summed E-state index contributed by atoms with van der Waals surface area (Å²) in [4.78, 5) is 21.2. The molecule has 0 aliphatic rings. The number of rotatable bonds is 11. The summed E-state index contributed by atoms with van der Waals surface area (Å²) in [6.07, 6.45) is 12.5. The van der Waals surface area contributed by atoms with Crippen LogP contribution in [-0.2, 0) is 11.2 Å². The van der Waals surface area contributed by atoms with E-state index in [0.29, 0.717) is 11.6 Å². The Morgan fingerprint density at radius 3 is 2.26 bits per heavy atom. The highest BCUT2D eigenvalue weighted by atomic mass is 16.5. The van der Waals surface area contributed by atoms with E-state index in [4.69, 9.17) is 4.74 Å². The third-order valence-corrected chi connectivity index (χ3v) is 4.82. The highest BCUT2D eigenvalue weighted by molar-refractivity contribution is 5.75. The van der Waals surface area contributed by atoms with Crippen molar-refractivity contribution in [1.82, 2.24) is 9.97 Å². The molecule has 0 saturated carbocycles. The predicted molar refractivity (Wildman–Crippen MR) is 110 cm³/mol. The SMILES string of the molecule is CCCCCCc1cnc(-c2ccc(OC(=O)C(CC)CCC)cc2)nc1. The van der Waals surface area contributed by atoms with Crippen LogP contribution in [0.5, 0.6) is 5.75 Å². The molecule has 1 aromatic carbocycles. The molecule has 0 N–H and O–H groups in total. The van der Waals surface area contributed by atoms with Crippen molar-refractivity contribution in [2.75, 3.05) is 0 Å². The maximum atomic E-state index is 12.2. The summed E-state index contributed by atoms with van der Waals surface area (Å²) in [5.74, 6) is 1.10. The predicted octanol–water partition coefficient (Wildman–Crippen LogP) is 6.00. The molecule has 4 nitrogen and oxygen atoms in total. The normalized spacial score (nSPS) is 12.0. The fraction of sp³-hybridized carbons (Fsp3) is 0.522. The Morgan fingerprint density at radius 1 is 0.963 bits per heavy atom. The van der Waals surface area contributed by atoms with E-state index < -0.39 is 0 Å². The molecule has 1 atom stereocenters. The molecular formula is C23H32N2O2. The van der Waals surface area contributed by atoms with Crippen LogP contribution < -0.4 is 4.74 Å². The lowest BCUT2D eigenvalue weighted by atomic mass is 10.0. The Labute approximate surface area is 163 Å². The van der Waals surface area contributed by atoms with Gasteiger partial charge in [0.2, 0.25) is 0 Å². The molecule has 4 heteroatoms. The van der Waals surface area contributed by atoms with E-state index in [1.165, 1.54) is 31.2 Å². The second-order valence-electron chi connectivity index (χ2n) is 7.06. The number of hydrogen-bond acceptors (Lipinski definition) is 4. The monoisotopic (exact) mass is 368 g/mol. The summed E-state index contributed by atoms with van der Waals surface area (Å²) in [6, 6.07) is 7.43. The quantitative estimate of drug-likeness (QED) is 0.277. The van der Waals surface area contributed by atoms with E-state index in [9.17, 15) is 4.79 Å². The number of aryl methyl sites for hydroxylation is 1. The topological polar surface area (TPSA) is 52.1 Å². The number of ether oxygens (including phenoxy) is 1. The van der Waals surface area contributed by atoms with Crippen LogP contribution in [0, 0.1) is 5.92 Å². The Hall–Kier alpha value is -2.23. The molecule has 0 fully saturated rings. The van der Waals surface area contributed by atoms with Crippen molar-refractivity contribution in [1.29, 1.82) is 0 Å². The first-order chi connectivity index (χ1) is 13.2. The second-order valence-corrected chi connectivity index (χ2v) is 7.06. The zero-order chi connectivity index (χ0) is 19.5. The van der Waals surface area contributed by atoms with Crippen LogP contribution in [0.2, 0.25) is 0 Å². The van der Waals surface area contributed by atoms with Gasteiger partial charge in [-0.1, -0.05) is 46.5 Å². The van der Waals surface area contributed by atoms with Crippen molar-refractivity contribution in [3.63, 3.8) is 0 Å². The summed E-state index contributed by atoms with van der Waals surface area (Å²) in [5, 5.41) is 0. The maximum absolute atomic E-state index is 12.2. The summed E-state index contributed by atoms with van der Waals surface area (Å²) in [5.41, 5.74) is 2.11. The van der Waals surface area contributed by atoms with Gasteiger partial charge in [0.15, 0.2) is 5.82 Å². The van der Waals surface area contributed by atoms with Crippen LogP contribution in [0.1, 0.15) is 71.3 Å². The van der Waals surface area contributed by atoms with Gasteiger partial charge < -0.3 is 4.74 Å². The highest BCUT2D eigenvalue weighted by Gasteiger charge is 2.17. The van der Waals surface area contributed by atoms with Crippen molar-refractivity contribution >= 4 is 5.97 Å². The molecule has 1 unspecified atom stereocenters. The molecule has 1 heterocycles. The van der Waals surface area contributed by atoms with Gasteiger partial charge in [-0.3, -0.25) is 4.79 Å². The number of benzene rings is 1. The summed E-state index contributed by atoms with van der Waals surface area (Å²) < 4.78 is 5.51. The molecule has 0 amide bonds. The highest BCUT2D eigenvalue weighted by Crippen LogP contribution is 2.21. The molecular weight excluding hydrogens is 336 g/mol. The number of unbranched alkanes of at least 4 members (excludes halogenated alkanes) is 3. The molecule has 0 radical (unpaired) electrons. The molecule has 0 saturated heterocycles. The molecule has 27 heavy (non-hydrogen) atoms. The number of esters is 1. The number of aromatic nitrogens is 2. The van der Waals surface area contributed by atoms with Gasteiger partial charge in [-0.2, -0.15) is 0 Å². The minimum absolute atomic E-state index is 0.0251. The Bertz CT molecular complexity index is 681. The Morgan fingerprint density at radius 2 is 1.67 bits per heavy atom. The molecule has 0 aliphatic carbocycles.